The quantitative estimate of drug-likeness (QED) is 0.556. The fourth-order valence-corrected chi connectivity index (χ4v) is 0.927. The van der Waals surface area contributed by atoms with Crippen LogP contribution >= 0.6 is 11.6 Å². The molecule has 1 aromatic rings. The third kappa shape index (κ3) is 2.41. The Morgan fingerprint density at radius 1 is 1.27 bits per heavy atom. The van der Waals surface area contributed by atoms with Gasteiger partial charge >= 0.3 is 0 Å². The van der Waals surface area contributed by atoms with Crippen molar-refractivity contribution >= 4 is 11.6 Å². The lowest BCUT2D eigenvalue weighted by atomic mass is 10.2. The first-order valence-electron chi connectivity index (χ1n) is 3.25. The molecule has 0 fully saturated rings. The first kappa shape index (κ1) is 8.37. The fraction of sp³-hybridized carbons (Fsp3) is 0.250. The number of alkyl halides is 1. The van der Waals surface area contributed by atoms with E-state index in [0.717, 1.165) is 5.56 Å². The highest BCUT2D eigenvalue weighted by molar-refractivity contribution is 6.17. The smallest absolute Gasteiger partial charge is 0.186 e. The molecule has 0 bridgehead atoms. The molecule has 0 spiro atoms. The van der Waals surface area contributed by atoms with E-state index in [1.54, 1.807) is 12.1 Å². The van der Waals surface area contributed by atoms with E-state index in [0.29, 0.717) is 11.6 Å². The molecule has 0 aliphatic carbocycles. The molecular weight excluding hydrogens is 164 g/mol. The molecule has 0 atom stereocenters. The van der Waals surface area contributed by atoms with E-state index < -0.39 is 0 Å². The van der Waals surface area contributed by atoms with Crippen molar-refractivity contribution < 1.29 is 9.84 Å². The van der Waals surface area contributed by atoms with Gasteiger partial charge in [0.25, 0.3) is 0 Å². The van der Waals surface area contributed by atoms with Crippen LogP contribution in [0, 0.1) is 0 Å². The highest BCUT2D eigenvalue weighted by atomic mass is 35.5. The van der Waals surface area contributed by atoms with Crippen molar-refractivity contribution in [3.8, 4) is 5.75 Å². The topological polar surface area (TPSA) is 29.5 Å². The van der Waals surface area contributed by atoms with Crippen LogP contribution in [-0.4, -0.2) is 11.9 Å². The van der Waals surface area contributed by atoms with Gasteiger partial charge in [0, 0.05) is 5.88 Å². The summed E-state index contributed by atoms with van der Waals surface area (Å²) in [7, 11) is 0. The largest absolute Gasteiger partial charge is 0.468 e. The number of hydrogen-bond donors (Lipinski definition) is 1. The van der Waals surface area contributed by atoms with Gasteiger partial charge in [-0.3, -0.25) is 0 Å². The zero-order valence-electron chi connectivity index (χ0n) is 5.96. The van der Waals surface area contributed by atoms with Gasteiger partial charge in [-0.15, -0.1) is 11.6 Å². The Bertz CT molecular complexity index is 208. The van der Waals surface area contributed by atoms with Crippen LogP contribution in [-0.2, 0) is 5.88 Å². The van der Waals surface area contributed by atoms with Gasteiger partial charge in [0.15, 0.2) is 6.79 Å². The predicted molar refractivity (Wildman–Crippen MR) is 43.7 cm³/mol. The first-order valence-corrected chi connectivity index (χ1v) is 3.79. The molecular formula is C8H9ClO2. The molecule has 0 saturated carbocycles. The first-order chi connectivity index (χ1) is 5.36. The van der Waals surface area contributed by atoms with Gasteiger partial charge in [0.2, 0.25) is 0 Å². The molecule has 0 unspecified atom stereocenters. The zero-order valence-corrected chi connectivity index (χ0v) is 6.71. The molecule has 0 aliphatic rings. The molecule has 0 aliphatic heterocycles. The third-order valence-corrected chi connectivity index (χ3v) is 1.62. The number of halogens is 1. The maximum atomic E-state index is 8.40. The second kappa shape index (κ2) is 4.21. The normalized spacial score (nSPS) is 9.64. The van der Waals surface area contributed by atoms with Crippen LogP contribution in [0.1, 0.15) is 5.56 Å². The van der Waals surface area contributed by atoms with Crippen molar-refractivity contribution in [2.75, 3.05) is 6.79 Å². The molecule has 0 aromatic heterocycles. The Hall–Kier alpha value is -0.730. The fourth-order valence-electron chi connectivity index (χ4n) is 0.749. The summed E-state index contributed by atoms with van der Waals surface area (Å²) in [6.07, 6.45) is 0. The molecule has 1 aromatic carbocycles. The Balaban J connectivity index is 2.66. The van der Waals surface area contributed by atoms with Crippen molar-refractivity contribution in [3.63, 3.8) is 0 Å². The summed E-state index contributed by atoms with van der Waals surface area (Å²) in [5.74, 6) is 1.15. The van der Waals surface area contributed by atoms with Gasteiger partial charge < -0.3 is 9.84 Å². The van der Waals surface area contributed by atoms with E-state index in [4.69, 9.17) is 21.4 Å². The van der Waals surface area contributed by atoms with E-state index in [2.05, 4.69) is 0 Å². The van der Waals surface area contributed by atoms with Crippen LogP contribution in [0.2, 0.25) is 0 Å². The van der Waals surface area contributed by atoms with E-state index in [-0.39, 0.29) is 6.79 Å². The van der Waals surface area contributed by atoms with Crippen LogP contribution in [0.4, 0.5) is 0 Å². The SMILES string of the molecule is OCOc1ccc(CCl)cc1. The van der Waals surface area contributed by atoms with Crippen molar-refractivity contribution in [1.82, 2.24) is 0 Å². The van der Waals surface area contributed by atoms with Crippen molar-refractivity contribution in [1.29, 1.82) is 0 Å². The lowest BCUT2D eigenvalue weighted by Crippen LogP contribution is -1.93. The summed E-state index contributed by atoms with van der Waals surface area (Å²) >= 11 is 5.57. The van der Waals surface area contributed by atoms with Crippen LogP contribution in [0.5, 0.6) is 5.75 Å². The number of ether oxygens (including phenoxy) is 1. The maximum absolute atomic E-state index is 8.40. The van der Waals surface area contributed by atoms with Crippen LogP contribution in [0.3, 0.4) is 0 Å². The second-order valence-electron chi connectivity index (χ2n) is 2.05. The lowest BCUT2D eigenvalue weighted by molar-refractivity contribution is 0.0985. The Morgan fingerprint density at radius 2 is 1.91 bits per heavy atom. The minimum absolute atomic E-state index is 0.291. The number of aliphatic hydroxyl groups excluding tert-OH is 1. The number of rotatable bonds is 3. The summed E-state index contributed by atoms with van der Waals surface area (Å²) < 4.78 is 4.82. The minimum atomic E-state index is -0.291. The standard InChI is InChI=1S/C8H9ClO2/c9-5-7-1-3-8(4-2-7)11-6-10/h1-4,10H,5-6H2. The summed E-state index contributed by atoms with van der Waals surface area (Å²) in [5.41, 5.74) is 1.04. The monoisotopic (exact) mass is 172 g/mol. The Labute approximate surface area is 70.4 Å². The van der Waals surface area contributed by atoms with Crippen LogP contribution < -0.4 is 4.74 Å². The van der Waals surface area contributed by atoms with E-state index >= 15 is 0 Å². The highest BCUT2D eigenvalue weighted by Crippen LogP contribution is 2.12. The number of aliphatic hydroxyl groups is 1. The van der Waals surface area contributed by atoms with Crippen molar-refractivity contribution in [2.24, 2.45) is 0 Å². The Kier molecular flexibility index (Phi) is 3.20. The number of benzene rings is 1. The Morgan fingerprint density at radius 3 is 2.36 bits per heavy atom. The van der Waals surface area contributed by atoms with Gasteiger partial charge in [-0.2, -0.15) is 0 Å². The average molecular weight is 173 g/mol. The minimum Gasteiger partial charge on any atom is -0.468 e. The van der Waals surface area contributed by atoms with Gasteiger partial charge in [-0.05, 0) is 17.7 Å². The van der Waals surface area contributed by atoms with E-state index in [1.807, 2.05) is 12.1 Å². The molecule has 60 valence electrons. The van der Waals surface area contributed by atoms with Crippen molar-refractivity contribution in [3.05, 3.63) is 29.8 Å². The molecule has 0 amide bonds. The summed E-state index contributed by atoms with van der Waals surface area (Å²) in [4.78, 5) is 0. The molecule has 1 N–H and O–H groups in total. The molecule has 0 radical (unpaired) electrons. The van der Waals surface area contributed by atoms with Gasteiger partial charge in [-0.1, -0.05) is 12.1 Å². The molecule has 0 saturated heterocycles. The molecule has 2 nitrogen and oxygen atoms in total. The summed E-state index contributed by atoms with van der Waals surface area (Å²) in [6.45, 7) is -0.291. The molecule has 1 rings (SSSR count). The zero-order chi connectivity index (χ0) is 8.10. The predicted octanol–water partition coefficient (Wildman–Crippen LogP) is 1.75. The molecule has 0 heterocycles. The highest BCUT2D eigenvalue weighted by Gasteiger charge is 1.91. The number of hydrogen-bond acceptors (Lipinski definition) is 2. The van der Waals surface area contributed by atoms with Crippen molar-refractivity contribution in [2.45, 2.75) is 5.88 Å². The maximum Gasteiger partial charge on any atom is 0.186 e. The van der Waals surface area contributed by atoms with Gasteiger partial charge in [0.05, 0.1) is 0 Å². The van der Waals surface area contributed by atoms with E-state index in [9.17, 15) is 0 Å². The molecule has 3 heteroatoms. The lowest BCUT2D eigenvalue weighted by Gasteiger charge is -2.01. The summed E-state index contributed by atoms with van der Waals surface area (Å²) in [5, 5.41) is 8.40. The third-order valence-electron chi connectivity index (χ3n) is 1.31. The van der Waals surface area contributed by atoms with Crippen LogP contribution in [0.25, 0.3) is 0 Å². The van der Waals surface area contributed by atoms with E-state index in [1.165, 1.54) is 0 Å². The van der Waals surface area contributed by atoms with Crippen LogP contribution in [0.15, 0.2) is 24.3 Å². The average Bonchev–Trinajstić information content (AvgIpc) is 2.07. The second-order valence-corrected chi connectivity index (χ2v) is 2.32. The summed E-state index contributed by atoms with van der Waals surface area (Å²) in [6, 6.07) is 7.26. The van der Waals surface area contributed by atoms with Gasteiger partial charge in [-0.25, -0.2) is 0 Å². The van der Waals surface area contributed by atoms with Gasteiger partial charge in [0.1, 0.15) is 5.75 Å². The molecule has 11 heavy (non-hydrogen) atoms.